The van der Waals surface area contributed by atoms with Gasteiger partial charge in [-0.15, -0.1) is 0 Å². The van der Waals surface area contributed by atoms with E-state index in [-0.39, 0.29) is 11.8 Å². The van der Waals surface area contributed by atoms with Crippen molar-refractivity contribution in [2.45, 2.75) is 6.42 Å². The lowest BCUT2D eigenvalue weighted by atomic mass is 10.1. The minimum absolute atomic E-state index is 0.0194. The molecule has 28 heavy (non-hydrogen) atoms. The lowest BCUT2D eigenvalue weighted by molar-refractivity contribution is -0.131. The number of rotatable bonds is 5. The van der Waals surface area contributed by atoms with Crippen LogP contribution in [0, 0.1) is 0 Å². The predicted molar refractivity (Wildman–Crippen MR) is 110 cm³/mol. The summed E-state index contributed by atoms with van der Waals surface area (Å²) in [6, 6.07) is 15.2. The van der Waals surface area contributed by atoms with E-state index in [0.29, 0.717) is 38.2 Å². The first-order valence-corrected chi connectivity index (χ1v) is 9.45. The number of ether oxygens (including phenoxy) is 1. The van der Waals surface area contributed by atoms with Gasteiger partial charge in [-0.25, -0.2) is 0 Å². The first-order chi connectivity index (χ1) is 13.5. The van der Waals surface area contributed by atoms with E-state index in [4.69, 9.17) is 4.74 Å². The zero-order chi connectivity index (χ0) is 20.1. The van der Waals surface area contributed by atoms with Gasteiger partial charge in [-0.3, -0.25) is 9.59 Å². The first-order valence-electron chi connectivity index (χ1n) is 9.45. The number of methoxy groups -OCH3 is 1. The lowest BCUT2D eigenvalue weighted by Gasteiger charge is -2.35. The molecule has 148 valence electrons. The van der Waals surface area contributed by atoms with Crippen LogP contribution in [0.2, 0.25) is 0 Å². The summed E-state index contributed by atoms with van der Waals surface area (Å²) in [5, 5.41) is 0. The number of carbonyl (C=O) groups excluding carboxylic acids is 2. The quantitative estimate of drug-likeness (QED) is 0.797. The summed E-state index contributed by atoms with van der Waals surface area (Å²) in [4.78, 5) is 31.0. The van der Waals surface area contributed by atoms with Gasteiger partial charge < -0.3 is 19.4 Å². The van der Waals surface area contributed by atoms with Gasteiger partial charge >= 0.3 is 0 Å². The lowest BCUT2D eigenvalue weighted by Crippen LogP contribution is -2.51. The van der Waals surface area contributed by atoms with Crippen molar-refractivity contribution in [3.05, 3.63) is 59.7 Å². The zero-order valence-electron chi connectivity index (χ0n) is 16.7. The second kappa shape index (κ2) is 8.78. The van der Waals surface area contributed by atoms with Crippen molar-refractivity contribution < 1.29 is 14.3 Å². The van der Waals surface area contributed by atoms with Crippen molar-refractivity contribution in [1.82, 2.24) is 9.80 Å². The Bertz CT molecular complexity index is 825. The van der Waals surface area contributed by atoms with Gasteiger partial charge in [0.1, 0.15) is 5.75 Å². The van der Waals surface area contributed by atoms with Crippen molar-refractivity contribution in [2.75, 3.05) is 52.3 Å². The molecule has 3 rings (SSSR count). The molecule has 6 nitrogen and oxygen atoms in total. The van der Waals surface area contributed by atoms with Crippen LogP contribution in [-0.4, -0.2) is 69.0 Å². The van der Waals surface area contributed by atoms with Crippen LogP contribution in [0.1, 0.15) is 15.9 Å². The molecule has 0 bridgehead atoms. The fraction of sp³-hybridized carbons (Fsp3) is 0.364. The monoisotopic (exact) mass is 381 g/mol. The molecule has 1 saturated heterocycles. The van der Waals surface area contributed by atoms with Crippen LogP contribution in [0.15, 0.2) is 48.5 Å². The summed E-state index contributed by atoms with van der Waals surface area (Å²) in [5.41, 5.74) is 2.65. The molecule has 1 aliphatic heterocycles. The highest BCUT2D eigenvalue weighted by atomic mass is 16.5. The van der Waals surface area contributed by atoms with Gasteiger partial charge in [-0.05, 0) is 35.9 Å². The van der Waals surface area contributed by atoms with Crippen molar-refractivity contribution in [2.24, 2.45) is 0 Å². The molecule has 0 aromatic heterocycles. The van der Waals surface area contributed by atoms with E-state index >= 15 is 0 Å². The molecule has 0 aliphatic carbocycles. The van der Waals surface area contributed by atoms with E-state index in [0.717, 1.165) is 17.0 Å². The topological polar surface area (TPSA) is 53.1 Å². The van der Waals surface area contributed by atoms with Gasteiger partial charge in [0.25, 0.3) is 5.91 Å². The summed E-state index contributed by atoms with van der Waals surface area (Å²) in [6.07, 6.45) is 0.364. The molecule has 1 heterocycles. The van der Waals surface area contributed by atoms with Crippen LogP contribution in [0.25, 0.3) is 0 Å². The summed E-state index contributed by atoms with van der Waals surface area (Å²) in [6.45, 7) is 2.24. The Kier molecular flexibility index (Phi) is 6.19. The Hall–Kier alpha value is -3.02. The van der Waals surface area contributed by atoms with Gasteiger partial charge in [-0.1, -0.05) is 18.2 Å². The number of benzene rings is 2. The molecule has 2 amide bonds. The van der Waals surface area contributed by atoms with Gasteiger partial charge in [0.2, 0.25) is 5.91 Å². The molecule has 6 heteroatoms. The molecule has 0 radical (unpaired) electrons. The number of amides is 2. The number of carbonyl (C=O) groups is 2. The van der Waals surface area contributed by atoms with Crippen LogP contribution in [-0.2, 0) is 11.2 Å². The minimum atomic E-state index is 0.0194. The predicted octanol–water partition coefficient (Wildman–Crippen LogP) is 2.29. The van der Waals surface area contributed by atoms with Gasteiger partial charge in [-0.2, -0.15) is 0 Å². The molecule has 2 aromatic rings. The molecule has 0 unspecified atom stereocenters. The maximum absolute atomic E-state index is 12.8. The normalized spacial score (nSPS) is 14.0. The molecule has 0 spiro atoms. The third-order valence-corrected chi connectivity index (χ3v) is 5.04. The SMILES string of the molecule is COc1ccc(CC(=O)N2CCN(C(=O)c3cccc(N(C)C)c3)CC2)cc1. The Balaban J connectivity index is 1.55. The van der Waals surface area contributed by atoms with E-state index in [1.165, 1.54) is 0 Å². The average molecular weight is 381 g/mol. The Morgan fingerprint density at radius 2 is 1.61 bits per heavy atom. The third-order valence-electron chi connectivity index (χ3n) is 5.04. The second-order valence-corrected chi connectivity index (χ2v) is 7.14. The fourth-order valence-corrected chi connectivity index (χ4v) is 3.29. The second-order valence-electron chi connectivity index (χ2n) is 7.14. The molecule has 1 aliphatic rings. The zero-order valence-corrected chi connectivity index (χ0v) is 16.7. The van der Waals surface area contributed by atoms with E-state index in [1.54, 1.807) is 7.11 Å². The van der Waals surface area contributed by atoms with Crippen molar-refractivity contribution in [3.8, 4) is 5.75 Å². The number of hydrogen-bond donors (Lipinski definition) is 0. The molecular formula is C22H27N3O3. The highest BCUT2D eigenvalue weighted by Crippen LogP contribution is 2.17. The number of anilines is 1. The maximum Gasteiger partial charge on any atom is 0.254 e. The fourth-order valence-electron chi connectivity index (χ4n) is 3.29. The summed E-state index contributed by atoms with van der Waals surface area (Å²) < 4.78 is 5.15. The van der Waals surface area contributed by atoms with Crippen molar-refractivity contribution >= 4 is 17.5 Å². The summed E-state index contributed by atoms with van der Waals surface area (Å²) in [7, 11) is 5.53. The Labute approximate surface area is 166 Å². The molecule has 2 aromatic carbocycles. The number of hydrogen-bond acceptors (Lipinski definition) is 4. The maximum atomic E-state index is 12.8. The Morgan fingerprint density at radius 3 is 2.21 bits per heavy atom. The number of piperazine rings is 1. The van der Waals surface area contributed by atoms with E-state index in [1.807, 2.05) is 77.3 Å². The first kappa shape index (κ1) is 19.7. The van der Waals surface area contributed by atoms with Gasteiger partial charge in [0.05, 0.1) is 13.5 Å². The van der Waals surface area contributed by atoms with Crippen LogP contribution >= 0.6 is 0 Å². The summed E-state index contributed by atoms with van der Waals surface area (Å²) >= 11 is 0. The third kappa shape index (κ3) is 4.63. The van der Waals surface area contributed by atoms with Crippen LogP contribution in [0.3, 0.4) is 0 Å². The highest BCUT2D eigenvalue weighted by Gasteiger charge is 2.25. The van der Waals surface area contributed by atoms with E-state index in [2.05, 4.69) is 0 Å². The smallest absolute Gasteiger partial charge is 0.254 e. The van der Waals surface area contributed by atoms with Gasteiger partial charge in [0, 0.05) is 51.5 Å². The average Bonchev–Trinajstić information content (AvgIpc) is 2.74. The van der Waals surface area contributed by atoms with Crippen molar-refractivity contribution in [3.63, 3.8) is 0 Å². The molecule has 0 N–H and O–H groups in total. The number of nitrogens with zero attached hydrogens (tertiary/aromatic N) is 3. The van der Waals surface area contributed by atoms with E-state index in [9.17, 15) is 9.59 Å². The highest BCUT2D eigenvalue weighted by molar-refractivity contribution is 5.95. The minimum Gasteiger partial charge on any atom is -0.497 e. The molecule has 0 atom stereocenters. The van der Waals surface area contributed by atoms with Crippen LogP contribution < -0.4 is 9.64 Å². The van der Waals surface area contributed by atoms with Crippen molar-refractivity contribution in [1.29, 1.82) is 0 Å². The van der Waals surface area contributed by atoms with Crippen LogP contribution in [0.4, 0.5) is 5.69 Å². The van der Waals surface area contributed by atoms with Crippen LogP contribution in [0.5, 0.6) is 5.75 Å². The van der Waals surface area contributed by atoms with Gasteiger partial charge in [0.15, 0.2) is 0 Å². The van der Waals surface area contributed by atoms with E-state index < -0.39 is 0 Å². The molecule has 0 saturated carbocycles. The molecule has 1 fully saturated rings. The molecular weight excluding hydrogens is 354 g/mol. The summed E-state index contributed by atoms with van der Waals surface area (Å²) in [5.74, 6) is 0.888. The standard InChI is InChI=1S/C22H27N3O3/c1-23(2)19-6-4-5-18(16-19)22(27)25-13-11-24(12-14-25)21(26)15-17-7-9-20(28-3)10-8-17/h4-10,16H,11-15H2,1-3H3. The largest absolute Gasteiger partial charge is 0.497 e. The Morgan fingerprint density at radius 1 is 0.964 bits per heavy atom.